The van der Waals surface area contributed by atoms with E-state index in [4.69, 9.17) is 10.2 Å². The van der Waals surface area contributed by atoms with Gasteiger partial charge in [0, 0.05) is 17.3 Å². The van der Waals surface area contributed by atoms with Crippen LogP contribution in [-0.4, -0.2) is 11.0 Å². The average Bonchev–Trinajstić information content (AvgIpc) is 2.72. The van der Waals surface area contributed by atoms with Gasteiger partial charge in [0.25, 0.3) is 0 Å². The second-order valence-electron chi connectivity index (χ2n) is 3.72. The van der Waals surface area contributed by atoms with Crippen LogP contribution >= 0.6 is 11.3 Å². The lowest BCUT2D eigenvalue weighted by molar-refractivity contribution is 0.501. The quantitative estimate of drug-likeness (QED) is 0.868. The average molecular weight is 222 g/mol. The van der Waals surface area contributed by atoms with Crippen molar-refractivity contribution in [3.8, 4) is 10.8 Å². The normalized spacial score (nSPS) is 13.0. The Morgan fingerprint density at radius 3 is 2.93 bits per heavy atom. The SMILES string of the molecule is Cc1ccc(-c2ncc(CC(C)N)o2)s1. The summed E-state index contributed by atoms with van der Waals surface area (Å²) in [6.45, 7) is 4.03. The van der Waals surface area contributed by atoms with Crippen molar-refractivity contribution in [2.24, 2.45) is 5.73 Å². The number of nitrogens with zero attached hydrogens (tertiary/aromatic N) is 1. The molecule has 3 nitrogen and oxygen atoms in total. The molecule has 0 bridgehead atoms. The summed E-state index contributed by atoms with van der Waals surface area (Å²) in [5.41, 5.74) is 5.69. The molecule has 0 spiro atoms. The van der Waals surface area contributed by atoms with Gasteiger partial charge in [0.2, 0.25) is 5.89 Å². The summed E-state index contributed by atoms with van der Waals surface area (Å²) < 4.78 is 5.61. The first kappa shape index (κ1) is 10.4. The standard InChI is InChI=1S/C11H14N2OS/c1-7(12)5-9-6-13-11(14-9)10-4-3-8(2)15-10/h3-4,6-7H,5,12H2,1-2H3. The molecule has 0 amide bonds. The zero-order valence-corrected chi connectivity index (χ0v) is 9.67. The van der Waals surface area contributed by atoms with Gasteiger partial charge in [-0.05, 0) is 26.0 Å². The van der Waals surface area contributed by atoms with Crippen molar-refractivity contribution in [1.29, 1.82) is 0 Å². The smallest absolute Gasteiger partial charge is 0.236 e. The molecule has 2 heterocycles. The van der Waals surface area contributed by atoms with Crippen LogP contribution in [0, 0.1) is 6.92 Å². The zero-order chi connectivity index (χ0) is 10.8. The second-order valence-corrected chi connectivity index (χ2v) is 5.01. The maximum atomic E-state index is 5.69. The molecule has 2 aromatic heterocycles. The van der Waals surface area contributed by atoms with Crippen molar-refractivity contribution in [3.05, 3.63) is 29.0 Å². The number of rotatable bonds is 3. The minimum Gasteiger partial charge on any atom is -0.440 e. The van der Waals surface area contributed by atoms with Crippen LogP contribution in [0.15, 0.2) is 22.7 Å². The van der Waals surface area contributed by atoms with Crippen molar-refractivity contribution in [1.82, 2.24) is 4.98 Å². The lowest BCUT2D eigenvalue weighted by Crippen LogP contribution is -2.17. The molecule has 0 aliphatic heterocycles. The predicted molar refractivity (Wildman–Crippen MR) is 61.9 cm³/mol. The Morgan fingerprint density at radius 1 is 1.53 bits per heavy atom. The van der Waals surface area contributed by atoms with E-state index >= 15 is 0 Å². The molecule has 0 aliphatic rings. The Bertz CT molecular complexity index is 445. The fourth-order valence-corrected chi connectivity index (χ4v) is 2.18. The van der Waals surface area contributed by atoms with Crippen LogP contribution in [-0.2, 0) is 6.42 Å². The van der Waals surface area contributed by atoms with Gasteiger partial charge in [-0.1, -0.05) is 0 Å². The molecule has 1 atom stereocenters. The summed E-state index contributed by atoms with van der Waals surface area (Å²) in [5.74, 6) is 1.55. The molecule has 15 heavy (non-hydrogen) atoms. The van der Waals surface area contributed by atoms with Gasteiger partial charge in [0.05, 0.1) is 11.1 Å². The minimum absolute atomic E-state index is 0.107. The summed E-state index contributed by atoms with van der Waals surface area (Å²) in [6, 6.07) is 4.20. The zero-order valence-electron chi connectivity index (χ0n) is 8.86. The molecule has 0 saturated carbocycles. The Balaban J connectivity index is 2.20. The van der Waals surface area contributed by atoms with E-state index in [1.54, 1.807) is 17.5 Å². The third-order valence-electron chi connectivity index (χ3n) is 2.03. The molecule has 2 N–H and O–H groups in total. The third kappa shape index (κ3) is 2.46. The van der Waals surface area contributed by atoms with Gasteiger partial charge in [-0.25, -0.2) is 4.98 Å². The van der Waals surface area contributed by atoms with E-state index in [0.29, 0.717) is 5.89 Å². The van der Waals surface area contributed by atoms with Crippen molar-refractivity contribution < 1.29 is 4.42 Å². The molecule has 4 heteroatoms. The molecule has 80 valence electrons. The Morgan fingerprint density at radius 2 is 2.33 bits per heavy atom. The first-order valence-electron chi connectivity index (χ1n) is 4.92. The summed E-state index contributed by atoms with van der Waals surface area (Å²) in [7, 11) is 0. The number of hydrogen-bond donors (Lipinski definition) is 1. The van der Waals surface area contributed by atoms with Crippen LogP contribution in [0.2, 0.25) is 0 Å². The maximum Gasteiger partial charge on any atom is 0.236 e. The number of aromatic nitrogens is 1. The second kappa shape index (κ2) is 4.16. The van der Waals surface area contributed by atoms with E-state index in [2.05, 4.69) is 18.0 Å². The number of aryl methyl sites for hydroxylation is 1. The molecular weight excluding hydrogens is 208 g/mol. The van der Waals surface area contributed by atoms with Crippen LogP contribution in [0.1, 0.15) is 17.6 Å². The van der Waals surface area contributed by atoms with Crippen LogP contribution in [0.25, 0.3) is 10.8 Å². The van der Waals surface area contributed by atoms with E-state index in [0.717, 1.165) is 17.1 Å². The topological polar surface area (TPSA) is 52.0 Å². The van der Waals surface area contributed by atoms with Crippen molar-refractivity contribution in [2.75, 3.05) is 0 Å². The third-order valence-corrected chi connectivity index (χ3v) is 3.02. The van der Waals surface area contributed by atoms with Crippen LogP contribution < -0.4 is 5.73 Å². The van der Waals surface area contributed by atoms with E-state index < -0.39 is 0 Å². The highest BCUT2D eigenvalue weighted by atomic mass is 32.1. The Labute approximate surface area is 92.9 Å². The van der Waals surface area contributed by atoms with Crippen molar-refractivity contribution >= 4 is 11.3 Å². The summed E-state index contributed by atoms with van der Waals surface area (Å²) in [5, 5.41) is 0. The maximum absolute atomic E-state index is 5.69. The number of nitrogens with two attached hydrogens (primary N) is 1. The molecule has 0 saturated heterocycles. The van der Waals surface area contributed by atoms with Crippen LogP contribution in [0.3, 0.4) is 0 Å². The van der Waals surface area contributed by atoms with Gasteiger partial charge in [-0.3, -0.25) is 0 Å². The first-order chi connectivity index (χ1) is 7.15. The number of oxazole rings is 1. The highest BCUT2D eigenvalue weighted by molar-refractivity contribution is 7.15. The van der Waals surface area contributed by atoms with Crippen LogP contribution in [0.4, 0.5) is 0 Å². The summed E-state index contributed by atoms with van der Waals surface area (Å²) >= 11 is 1.69. The van der Waals surface area contributed by atoms with Gasteiger partial charge in [0.1, 0.15) is 5.76 Å². The van der Waals surface area contributed by atoms with E-state index in [-0.39, 0.29) is 6.04 Å². The lowest BCUT2D eigenvalue weighted by Gasteiger charge is -1.98. The van der Waals surface area contributed by atoms with Gasteiger partial charge in [0.15, 0.2) is 0 Å². The fraction of sp³-hybridized carbons (Fsp3) is 0.364. The van der Waals surface area contributed by atoms with E-state index in [1.807, 2.05) is 13.0 Å². The van der Waals surface area contributed by atoms with Gasteiger partial charge >= 0.3 is 0 Å². The fourth-order valence-electron chi connectivity index (χ4n) is 1.38. The number of thiophene rings is 1. The summed E-state index contributed by atoms with van der Waals surface area (Å²) in [4.78, 5) is 6.57. The van der Waals surface area contributed by atoms with Crippen molar-refractivity contribution in [2.45, 2.75) is 26.3 Å². The summed E-state index contributed by atoms with van der Waals surface area (Å²) in [6.07, 6.45) is 2.49. The molecule has 1 unspecified atom stereocenters. The first-order valence-corrected chi connectivity index (χ1v) is 5.74. The van der Waals surface area contributed by atoms with E-state index in [1.165, 1.54) is 4.88 Å². The monoisotopic (exact) mass is 222 g/mol. The lowest BCUT2D eigenvalue weighted by atomic mass is 10.2. The molecule has 0 radical (unpaired) electrons. The molecule has 2 rings (SSSR count). The van der Waals surface area contributed by atoms with Crippen molar-refractivity contribution in [3.63, 3.8) is 0 Å². The number of hydrogen-bond acceptors (Lipinski definition) is 4. The molecule has 0 fully saturated rings. The van der Waals surface area contributed by atoms with Gasteiger partial charge in [-0.15, -0.1) is 11.3 Å². The van der Waals surface area contributed by atoms with Crippen LogP contribution in [0.5, 0.6) is 0 Å². The Hall–Kier alpha value is -1.13. The highest BCUT2D eigenvalue weighted by Crippen LogP contribution is 2.27. The molecular formula is C11H14N2OS. The largest absolute Gasteiger partial charge is 0.440 e. The highest BCUT2D eigenvalue weighted by Gasteiger charge is 2.09. The van der Waals surface area contributed by atoms with E-state index in [9.17, 15) is 0 Å². The Kier molecular flexibility index (Phi) is 2.88. The molecule has 2 aromatic rings. The molecule has 0 aromatic carbocycles. The predicted octanol–water partition coefficient (Wildman–Crippen LogP) is 2.60. The minimum atomic E-state index is 0.107. The van der Waals surface area contributed by atoms with Gasteiger partial charge < -0.3 is 10.2 Å². The molecule has 0 aliphatic carbocycles. The van der Waals surface area contributed by atoms with Gasteiger partial charge in [-0.2, -0.15) is 0 Å².